The van der Waals surface area contributed by atoms with E-state index in [0.717, 1.165) is 30.5 Å². The van der Waals surface area contributed by atoms with Crippen molar-refractivity contribution in [2.75, 3.05) is 27.3 Å². The molecule has 1 aromatic carbocycles. The van der Waals surface area contributed by atoms with Gasteiger partial charge in [0.15, 0.2) is 0 Å². The molecule has 0 bridgehead atoms. The van der Waals surface area contributed by atoms with Crippen molar-refractivity contribution in [2.24, 2.45) is 5.92 Å². The summed E-state index contributed by atoms with van der Waals surface area (Å²) in [5.41, 5.74) is 1.32. The lowest BCUT2D eigenvalue weighted by Gasteiger charge is -2.10. The van der Waals surface area contributed by atoms with Crippen LogP contribution in [-0.2, 0) is 0 Å². The van der Waals surface area contributed by atoms with Gasteiger partial charge in [0.2, 0.25) is 0 Å². The summed E-state index contributed by atoms with van der Waals surface area (Å²) in [6.45, 7) is 4.30. The molecule has 2 atom stereocenters. The molecule has 0 saturated heterocycles. The number of benzene rings is 1. The zero-order chi connectivity index (χ0) is 12.3. The second kappa shape index (κ2) is 5.41. The maximum absolute atomic E-state index is 5.44. The average Bonchev–Trinajstić information content (AvgIpc) is 3.14. The van der Waals surface area contributed by atoms with Gasteiger partial charge in [0.25, 0.3) is 0 Å². The van der Waals surface area contributed by atoms with Crippen molar-refractivity contribution < 1.29 is 9.47 Å². The molecule has 2 unspecified atom stereocenters. The molecule has 1 aliphatic carbocycles. The van der Waals surface area contributed by atoms with Gasteiger partial charge in [-0.2, -0.15) is 0 Å². The van der Waals surface area contributed by atoms with Crippen LogP contribution in [0.25, 0.3) is 0 Å². The third-order valence-corrected chi connectivity index (χ3v) is 3.42. The smallest absolute Gasteiger partial charge is 0.126 e. The standard InChI is InChI=1S/C14H21NO2/c1-4-15-9-10-7-13(10)12-6-5-11(16-2)8-14(12)17-3/h5-6,8,10,13,15H,4,7,9H2,1-3H3. The van der Waals surface area contributed by atoms with E-state index in [1.54, 1.807) is 14.2 Å². The fourth-order valence-electron chi connectivity index (χ4n) is 2.31. The summed E-state index contributed by atoms with van der Waals surface area (Å²) < 4.78 is 10.7. The SMILES string of the molecule is CCNCC1CC1c1ccc(OC)cc1OC. The van der Waals surface area contributed by atoms with E-state index in [-0.39, 0.29) is 0 Å². The summed E-state index contributed by atoms with van der Waals surface area (Å²) in [5, 5.41) is 3.40. The van der Waals surface area contributed by atoms with Gasteiger partial charge >= 0.3 is 0 Å². The monoisotopic (exact) mass is 235 g/mol. The Kier molecular flexibility index (Phi) is 3.89. The molecular formula is C14H21NO2. The van der Waals surface area contributed by atoms with Crippen LogP contribution < -0.4 is 14.8 Å². The molecule has 17 heavy (non-hydrogen) atoms. The Balaban J connectivity index is 2.06. The van der Waals surface area contributed by atoms with E-state index in [1.807, 2.05) is 12.1 Å². The number of hydrogen-bond acceptors (Lipinski definition) is 3. The third kappa shape index (κ3) is 2.72. The van der Waals surface area contributed by atoms with Crippen molar-refractivity contribution in [1.82, 2.24) is 5.32 Å². The molecule has 0 spiro atoms. The van der Waals surface area contributed by atoms with Crippen molar-refractivity contribution in [1.29, 1.82) is 0 Å². The first-order chi connectivity index (χ1) is 8.30. The zero-order valence-corrected chi connectivity index (χ0v) is 10.8. The Morgan fingerprint density at radius 2 is 2.12 bits per heavy atom. The van der Waals surface area contributed by atoms with Gasteiger partial charge in [0.1, 0.15) is 11.5 Å². The Bertz CT molecular complexity index is 378. The number of nitrogens with one attached hydrogen (secondary N) is 1. The van der Waals surface area contributed by atoms with Gasteiger partial charge in [-0.3, -0.25) is 0 Å². The molecule has 94 valence electrons. The molecule has 0 heterocycles. The first-order valence-corrected chi connectivity index (χ1v) is 6.22. The van der Waals surface area contributed by atoms with Crippen molar-refractivity contribution >= 4 is 0 Å². The predicted octanol–water partition coefficient (Wildman–Crippen LogP) is 2.42. The van der Waals surface area contributed by atoms with Crippen LogP contribution in [0.4, 0.5) is 0 Å². The fourth-order valence-corrected chi connectivity index (χ4v) is 2.31. The summed E-state index contributed by atoms with van der Waals surface area (Å²) in [5.74, 6) is 3.22. The Morgan fingerprint density at radius 1 is 1.29 bits per heavy atom. The molecule has 1 N–H and O–H groups in total. The highest BCUT2D eigenvalue weighted by Gasteiger charge is 2.39. The van der Waals surface area contributed by atoms with E-state index < -0.39 is 0 Å². The van der Waals surface area contributed by atoms with Crippen LogP contribution in [-0.4, -0.2) is 27.3 Å². The second-order valence-electron chi connectivity index (χ2n) is 4.52. The van der Waals surface area contributed by atoms with Gasteiger partial charge in [0, 0.05) is 6.07 Å². The van der Waals surface area contributed by atoms with Gasteiger partial charge in [-0.05, 0) is 43.0 Å². The molecule has 1 fully saturated rings. The van der Waals surface area contributed by atoms with E-state index in [9.17, 15) is 0 Å². The van der Waals surface area contributed by atoms with Crippen LogP contribution >= 0.6 is 0 Å². The minimum atomic E-state index is 0.648. The lowest BCUT2D eigenvalue weighted by Crippen LogP contribution is -2.16. The van der Waals surface area contributed by atoms with E-state index >= 15 is 0 Å². The number of methoxy groups -OCH3 is 2. The molecular weight excluding hydrogens is 214 g/mol. The quantitative estimate of drug-likeness (QED) is 0.821. The zero-order valence-electron chi connectivity index (χ0n) is 10.8. The molecule has 0 aliphatic heterocycles. The van der Waals surface area contributed by atoms with Crippen molar-refractivity contribution in [3.05, 3.63) is 23.8 Å². The van der Waals surface area contributed by atoms with Crippen molar-refractivity contribution in [3.8, 4) is 11.5 Å². The van der Waals surface area contributed by atoms with Crippen LogP contribution in [0.5, 0.6) is 11.5 Å². The minimum Gasteiger partial charge on any atom is -0.497 e. The average molecular weight is 235 g/mol. The molecule has 3 nitrogen and oxygen atoms in total. The Morgan fingerprint density at radius 3 is 2.76 bits per heavy atom. The summed E-state index contributed by atoms with van der Waals surface area (Å²) in [7, 11) is 3.40. The maximum atomic E-state index is 5.44. The predicted molar refractivity (Wildman–Crippen MR) is 68.9 cm³/mol. The van der Waals surface area contributed by atoms with Crippen LogP contribution in [0.2, 0.25) is 0 Å². The normalized spacial score (nSPS) is 22.3. The molecule has 1 saturated carbocycles. The lowest BCUT2D eigenvalue weighted by molar-refractivity contribution is 0.390. The molecule has 2 rings (SSSR count). The van der Waals surface area contributed by atoms with Gasteiger partial charge in [-0.1, -0.05) is 13.0 Å². The summed E-state index contributed by atoms with van der Waals surface area (Å²) in [4.78, 5) is 0. The highest BCUT2D eigenvalue weighted by Crippen LogP contribution is 2.50. The molecule has 1 aromatic rings. The van der Waals surface area contributed by atoms with Gasteiger partial charge in [-0.25, -0.2) is 0 Å². The topological polar surface area (TPSA) is 30.5 Å². The van der Waals surface area contributed by atoms with E-state index in [4.69, 9.17) is 9.47 Å². The molecule has 0 aromatic heterocycles. The maximum Gasteiger partial charge on any atom is 0.126 e. The minimum absolute atomic E-state index is 0.648. The number of hydrogen-bond donors (Lipinski definition) is 1. The fraction of sp³-hybridized carbons (Fsp3) is 0.571. The molecule has 3 heteroatoms. The highest BCUT2D eigenvalue weighted by atomic mass is 16.5. The van der Waals surface area contributed by atoms with Crippen LogP contribution in [0, 0.1) is 5.92 Å². The van der Waals surface area contributed by atoms with Crippen LogP contribution in [0.3, 0.4) is 0 Å². The number of rotatable bonds is 6. The summed E-state index contributed by atoms with van der Waals surface area (Å²) >= 11 is 0. The first kappa shape index (κ1) is 12.2. The van der Waals surface area contributed by atoms with E-state index in [0.29, 0.717) is 5.92 Å². The van der Waals surface area contributed by atoms with Crippen molar-refractivity contribution in [2.45, 2.75) is 19.3 Å². The summed E-state index contributed by atoms with van der Waals surface area (Å²) in [6.07, 6.45) is 1.26. The highest BCUT2D eigenvalue weighted by molar-refractivity contribution is 5.45. The lowest BCUT2D eigenvalue weighted by atomic mass is 10.1. The molecule has 0 amide bonds. The molecule has 1 aliphatic rings. The Labute approximate surface area is 103 Å². The van der Waals surface area contributed by atoms with E-state index in [1.165, 1.54) is 12.0 Å². The first-order valence-electron chi connectivity index (χ1n) is 6.22. The Hall–Kier alpha value is -1.22. The number of ether oxygens (including phenoxy) is 2. The third-order valence-electron chi connectivity index (χ3n) is 3.42. The summed E-state index contributed by atoms with van der Waals surface area (Å²) in [6, 6.07) is 6.12. The van der Waals surface area contributed by atoms with E-state index in [2.05, 4.69) is 18.3 Å². The van der Waals surface area contributed by atoms with Crippen LogP contribution in [0.1, 0.15) is 24.8 Å². The van der Waals surface area contributed by atoms with Gasteiger partial charge < -0.3 is 14.8 Å². The molecule has 0 radical (unpaired) electrons. The van der Waals surface area contributed by atoms with Gasteiger partial charge in [0.05, 0.1) is 14.2 Å². The van der Waals surface area contributed by atoms with Crippen LogP contribution in [0.15, 0.2) is 18.2 Å². The second-order valence-corrected chi connectivity index (χ2v) is 4.52. The largest absolute Gasteiger partial charge is 0.497 e. The van der Waals surface area contributed by atoms with Gasteiger partial charge in [-0.15, -0.1) is 0 Å². The van der Waals surface area contributed by atoms with Crippen molar-refractivity contribution in [3.63, 3.8) is 0 Å².